The van der Waals surface area contributed by atoms with E-state index in [1.165, 1.54) is 105 Å². The Bertz CT molecular complexity index is 1080. The molecule has 4 heteroatoms. The molecule has 1 heterocycles. The second-order valence-electron chi connectivity index (χ2n) is 10.9. The van der Waals surface area contributed by atoms with Crippen LogP contribution >= 0.6 is 0 Å². The van der Waals surface area contributed by atoms with Crippen LogP contribution in [0.2, 0.25) is 0 Å². The molecule has 0 bridgehead atoms. The van der Waals surface area contributed by atoms with Crippen LogP contribution in [0.3, 0.4) is 0 Å². The predicted octanol–water partition coefficient (Wildman–Crippen LogP) is 8.95. The van der Waals surface area contributed by atoms with Gasteiger partial charge in [-0.3, -0.25) is 4.90 Å². The minimum atomic E-state index is 0. The Hall–Kier alpha value is -1.55. The quantitative estimate of drug-likeness (QED) is 0.106. The molecule has 3 nitrogen and oxygen atoms in total. The van der Waals surface area contributed by atoms with Gasteiger partial charge in [0.05, 0.1) is 5.39 Å². The average molecular weight is 604 g/mol. The molecule has 0 amide bonds. The second kappa shape index (κ2) is 19.5. The smallest absolute Gasteiger partial charge is 0.214 e. The van der Waals surface area contributed by atoms with Crippen molar-refractivity contribution in [2.24, 2.45) is 0 Å². The van der Waals surface area contributed by atoms with Gasteiger partial charge >= 0.3 is 0 Å². The fourth-order valence-corrected chi connectivity index (χ4v) is 5.15. The van der Waals surface area contributed by atoms with Crippen molar-refractivity contribution in [2.75, 3.05) is 31.6 Å². The molecule has 0 spiro atoms. The van der Waals surface area contributed by atoms with Crippen molar-refractivity contribution in [3.63, 3.8) is 0 Å². The molecule has 1 aromatic heterocycles. The van der Waals surface area contributed by atoms with E-state index in [0.717, 1.165) is 13.2 Å². The first kappa shape index (κ1) is 33.7. The summed E-state index contributed by atoms with van der Waals surface area (Å²) < 4.78 is 2.37. The van der Waals surface area contributed by atoms with Crippen molar-refractivity contribution in [3.05, 3.63) is 71.9 Å². The number of unbranched alkanes of at least 4 members (excludes halogenated alkanes) is 7. The summed E-state index contributed by atoms with van der Waals surface area (Å²) in [6, 6.07) is 20.2. The Morgan fingerprint density at radius 1 is 0.667 bits per heavy atom. The van der Waals surface area contributed by atoms with E-state index in [1.807, 2.05) is 0 Å². The number of fused-ring (bicyclic) bond motifs is 1. The van der Waals surface area contributed by atoms with Gasteiger partial charge in [-0.1, -0.05) is 102 Å². The molecule has 3 aromatic rings. The molecular weight excluding hydrogens is 551 g/mol. The van der Waals surface area contributed by atoms with Crippen LogP contribution in [0.4, 0.5) is 5.69 Å². The van der Waals surface area contributed by atoms with Crippen LogP contribution in [0, 0.1) is 0 Å². The van der Waals surface area contributed by atoms with Crippen molar-refractivity contribution in [1.29, 1.82) is 0 Å². The normalized spacial score (nSPS) is 11.4. The molecule has 39 heavy (non-hydrogen) atoms. The molecule has 0 saturated heterocycles. The van der Waals surface area contributed by atoms with Crippen molar-refractivity contribution in [1.82, 2.24) is 4.90 Å². The van der Waals surface area contributed by atoms with Gasteiger partial charge in [0.1, 0.15) is 0 Å². The number of anilines is 1. The third-order valence-electron chi connectivity index (χ3n) is 7.52. The predicted molar refractivity (Wildman–Crippen MR) is 168 cm³/mol. The molecule has 0 aliphatic carbocycles. The summed E-state index contributed by atoms with van der Waals surface area (Å²) in [4.78, 5) is 5.02. The van der Waals surface area contributed by atoms with Crippen LogP contribution in [0.1, 0.15) is 96.1 Å². The SMILES string of the molecule is CCCCCCN(CCCCCC)c1ccc(C=Cc2cc[n+](CN(C)CCCC)c3ccccc23)cc1.[Y]. The zero-order valence-electron chi connectivity index (χ0n) is 25.2. The molecule has 0 fully saturated rings. The van der Waals surface area contributed by atoms with Crippen molar-refractivity contribution in [2.45, 2.75) is 91.6 Å². The largest absolute Gasteiger partial charge is 0.372 e. The fraction of sp³-hybridized carbons (Fsp3) is 0.514. The standard InChI is InChI=1S/C35H52N3.Y/c1-5-8-11-15-27-37(28-16-12-9-6-2)33-23-20-31(21-24-33)19-22-32-25-29-38(30-36(4)26-10-7-3)35-18-14-13-17-34(32)35;/h13-14,17-25,29H,5-12,15-16,26-28,30H2,1-4H3;/q+1;. The van der Waals surface area contributed by atoms with E-state index >= 15 is 0 Å². The number of aromatic nitrogens is 1. The van der Waals surface area contributed by atoms with Crippen LogP contribution in [0.5, 0.6) is 0 Å². The number of para-hydroxylation sites is 1. The number of hydrogen-bond acceptors (Lipinski definition) is 2. The second-order valence-corrected chi connectivity index (χ2v) is 10.9. The van der Waals surface area contributed by atoms with Crippen molar-refractivity contribution >= 4 is 28.7 Å². The van der Waals surface area contributed by atoms with Crippen LogP contribution in [0.25, 0.3) is 23.1 Å². The maximum atomic E-state index is 2.61. The molecule has 0 aliphatic rings. The minimum absolute atomic E-state index is 0. The Morgan fingerprint density at radius 3 is 1.95 bits per heavy atom. The number of rotatable bonds is 18. The number of pyridine rings is 1. The fourth-order valence-electron chi connectivity index (χ4n) is 5.15. The number of benzene rings is 2. The summed E-state index contributed by atoms with van der Waals surface area (Å²) in [7, 11) is 2.21. The van der Waals surface area contributed by atoms with Gasteiger partial charge < -0.3 is 4.90 Å². The molecule has 209 valence electrons. The molecule has 0 saturated carbocycles. The molecule has 2 aromatic carbocycles. The first-order chi connectivity index (χ1) is 18.7. The summed E-state index contributed by atoms with van der Waals surface area (Å²) in [5.41, 5.74) is 5.18. The Balaban J connectivity index is 0.00000533. The van der Waals surface area contributed by atoms with E-state index in [2.05, 4.69) is 115 Å². The van der Waals surface area contributed by atoms with Crippen LogP contribution in [0.15, 0.2) is 60.8 Å². The van der Waals surface area contributed by atoms with Crippen LogP contribution in [-0.2, 0) is 39.4 Å². The topological polar surface area (TPSA) is 10.4 Å². The van der Waals surface area contributed by atoms with Gasteiger partial charge in [0.25, 0.3) is 0 Å². The molecule has 0 unspecified atom stereocenters. The summed E-state index contributed by atoms with van der Waals surface area (Å²) in [5, 5.41) is 1.30. The van der Waals surface area contributed by atoms with Gasteiger partial charge in [0, 0.05) is 70.2 Å². The van der Waals surface area contributed by atoms with Crippen molar-refractivity contribution in [3.8, 4) is 0 Å². The van der Waals surface area contributed by atoms with Gasteiger partial charge in [-0.05, 0) is 55.6 Å². The van der Waals surface area contributed by atoms with E-state index in [9.17, 15) is 0 Å². The minimum Gasteiger partial charge on any atom is -0.372 e. The summed E-state index contributed by atoms with van der Waals surface area (Å²) >= 11 is 0. The Morgan fingerprint density at radius 2 is 1.31 bits per heavy atom. The molecule has 1 radical (unpaired) electrons. The molecule has 0 atom stereocenters. The van der Waals surface area contributed by atoms with Gasteiger partial charge in [0.15, 0.2) is 6.20 Å². The summed E-state index contributed by atoms with van der Waals surface area (Å²) in [5.74, 6) is 0. The van der Waals surface area contributed by atoms with Gasteiger partial charge in [-0.25, -0.2) is 0 Å². The maximum absolute atomic E-state index is 2.61. The van der Waals surface area contributed by atoms with Crippen LogP contribution < -0.4 is 9.47 Å². The first-order valence-electron chi connectivity index (χ1n) is 15.3. The molecule has 0 N–H and O–H groups in total. The number of nitrogens with zero attached hydrogens (tertiary/aromatic N) is 3. The van der Waals surface area contributed by atoms with E-state index in [-0.39, 0.29) is 32.7 Å². The average Bonchev–Trinajstić information content (AvgIpc) is 2.95. The van der Waals surface area contributed by atoms with Gasteiger partial charge in [-0.2, -0.15) is 4.57 Å². The Kier molecular flexibility index (Phi) is 16.8. The summed E-state index contributed by atoms with van der Waals surface area (Å²) in [6.07, 6.45) is 19.8. The zero-order valence-corrected chi connectivity index (χ0v) is 28.1. The Labute approximate surface area is 264 Å². The van der Waals surface area contributed by atoms with Gasteiger partial charge in [-0.15, -0.1) is 0 Å². The zero-order chi connectivity index (χ0) is 27.0. The van der Waals surface area contributed by atoms with Gasteiger partial charge in [0.2, 0.25) is 12.2 Å². The first-order valence-corrected chi connectivity index (χ1v) is 15.3. The van der Waals surface area contributed by atoms with Crippen molar-refractivity contribution < 1.29 is 37.3 Å². The molecular formula is C35H52N3Y+. The monoisotopic (exact) mass is 603 g/mol. The van der Waals surface area contributed by atoms with E-state index < -0.39 is 0 Å². The third-order valence-corrected chi connectivity index (χ3v) is 7.52. The molecule has 0 aliphatic heterocycles. The number of hydrogen-bond donors (Lipinski definition) is 0. The molecule has 3 rings (SSSR count). The third kappa shape index (κ3) is 11.5. The van der Waals surface area contributed by atoms with E-state index in [1.54, 1.807) is 0 Å². The summed E-state index contributed by atoms with van der Waals surface area (Å²) in [6.45, 7) is 11.2. The van der Waals surface area contributed by atoms with E-state index in [0.29, 0.717) is 0 Å². The van der Waals surface area contributed by atoms with E-state index in [4.69, 9.17) is 0 Å². The van der Waals surface area contributed by atoms with Crippen LogP contribution in [-0.4, -0.2) is 31.6 Å². The maximum Gasteiger partial charge on any atom is 0.214 e.